The number of hydrogen-bond donors (Lipinski definition) is 2. The van der Waals surface area contributed by atoms with E-state index in [1.54, 1.807) is 23.1 Å². The molecule has 31 heavy (non-hydrogen) atoms. The molecule has 1 heterocycles. The smallest absolute Gasteiger partial charge is 0.243 e. The van der Waals surface area contributed by atoms with Crippen molar-refractivity contribution in [3.05, 3.63) is 64.1 Å². The van der Waals surface area contributed by atoms with Crippen molar-refractivity contribution in [2.45, 2.75) is 25.8 Å². The van der Waals surface area contributed by atoms with E-state index in [4.69, 9.17) is 27.9 Å². The lowest BCUT2D eigenvalue weighted by atomic mass is 10.1. The van der Waals surface area contributed by atoms with E-state index in [1.165, 1.54) is 0 Å². The summed E-state index contributed by atoms with van der Waals surface area (Å²) in [5.74, 6) is -0.794. The first-order valence-corrected chi connectivity index (χ1v) is 10.7. The number of amides is 3. The van der Waals surface area contributed by atoms with Gasteiger partial charge in [0.15, 0.2) is 0 Å². The molecule has 3 rings (SSSR count). The molecule has 0 radical (unpaired) electrons. The summed E-state index contributed by atoms with van der Waals surface area (Å²) >= 11 is 11.9. The van der Waals surface area contributed by atoms with Crippen LogP contribution >= 0.6 is 23.2 Å². The predicted octanol–water partition coefficient (Wildman–Crippen LogP) is 3.35. The molecule has 1 saturated heterocycles. The average Bonchev–Trinajstić information content (AvgIpc) is 3.11. The van der Waals surface area contributed by atoms with Crippen molar-refractivity contribution in [2.75, 3.05) is 13.2 Å². The molecular formula is C22H23Cl2N3O4. The Morgan fingerprint density at radius 1 is 1.10 bits per heavy atom. The van der Waals surface area contributed by atoms with Crippen molar-refractivity contribution in [3.63, 3.8) is 0 Å². The van der Waals surface area contributed by atoms with Crippen molar-refractivity contribution in [2.24, 2.45) is 5.92 Å². The standard InChI is InChI=1S/C22H23Cl2N3O4/c23-17-8-9-19(18(24)12-17)31-10-4-7-20(28)25-26-22(30)16-11-21(29)27(14-16)13-15-5-2-1-3-6-15/h1-3,5-6,8-9,12,16H,4,7,10-11,13-14H2,(H,25,28)(H,26,30). The number of nitrogens with one attached hydrogen (secondary N) is 2. The molecule has 2 aromatic carbocycles. The third-order valence-corrected chi connectivity index (χ3v) is 5.36. The molecule has 1 fully saturated rings. The van der Waals surface area contributed by atoms with Crippen LogP contribution in [0.1, 0.15) is 24.8 Å². The second-order valence-corrected chi connectivity index (χ2v) is 8.07. The summed E-state index contributed by atoms with van der Waals surface area (Å²) in [6.45, 7) is 1.08. The van der Waals surface area contributed by atoms with Gasteiger partial charge in [-0.3, -0.25) is 25.2 Å². The predicted molar refractivity (Wildman–Crippen MR) is 117 cm³/mol. The van der Waals surface area contributed by atoms with Crippen LogP contribution in [0.25, 0.3) is 0 Å². The molecule has 1 atom stereocenters. The van der Waals surface area contributed by atoms with E-state index in [0.717, 1.165) is 5.56 Å². The van der Waals surface area contributed by atoms with E-state index < -0.39 is 5.92 Å². The third-order valence-electron chi connectivity index (χ3n) is 4.83. The molecule has 0 bridgehead atoms. The molecule has 1 aliphatic heterocycles. The van der Waals surface area contributed by atoms with Crippen molar-refractivity contribution in [1.82, 2.24) is 15.8 Å². The maximum Gasteiger partial charge on any atom is 0.243 e. The summed E-state index contributed by atoms with van der Waals surface area (Å²) in [6, 6.07) is 14.5. The molecule has 0 aromatic heterocycles. The third kappa shape index (κ3) is 6.87. The second kappa shape index (κ2) is 11.0. The molecule has 2 N–H and O–H groups in total. The highest BCUT2D eigenvalue weighted by Gasteiger charge is 2.34. The van der Waals surface area contributed by atoms with Crippen LogP contribution in [0, 0.1) is 5.92 Å². The Bertz CT molecular complexity index is 940. The molecule has 0 saturated carbocycles. The Labute approximate surface area is 190 Å². The van der Waals surface area contributed by atoms with E-state index >= 15 is 0 Å². The van der Waals surface area contributed by atoms with Gasteiger partial charge in [-0.25, -0.2) is 0 Å². The minimum atomic E-state index is -0.494. The summed E-state index contributed by atoms with van der Waals surface area (Å²) in [4.78, 5) is 38.1. The molecule has 1 unspecified atom stereocenters. The van der Waals surface area contributed by atoms with E-state index in [0.29, 0.717) is 35.3 Å². The molecule has 7 nitrogen and oxygen atoms in total. The minimum Gasteiger partial charge on any atom is -0.492 e. The van der Waals surface area contributed by atoms with Crippen molar-refractivity contribution in [1.29, 1.82) is 0 Å². The molecule has 164 valence electrons. The summed E-state index contributed by atoms with van der Waals surface area (Å²) < 4.78 is 5.52. The molecule has 3 amide bonds. The number of halogens is 2. The number of likely N-dealkylation sites (tertiary alicyclic amines) is 1. The SMILES string of the molecule is O=C(CCCOc1ccc(Cl)cc1Cl)NNC(=O)C1CC(=O)N(Cc2ccccc2)C1. The van der Waals surface area contributed by atoms with Crippen LogP contribution in [0.5, 0.6) is 5.75 Å². The highest BCUT2D eigenvalue weighted by Crippen LogP contribution is 2.27. The maximum absolute atomic E-state index is 12.3. The van der Waals surface area contributed by atoms with Gasteiger partial charge < -0.3 is 9.64 Å². The number of nitrogens with zero attached hydrogens (tertiary/aromatic N) is 1. The van der Waals surface area contributed by atoms with Gasteiger partial charge in [0.2, 0.25) is 17.7 Å². The van der Waals surface area contributed by atoms with Crippen molar-refractivity contribution >= 4 is 40.9 Å². The topological polar surface area (TPSA) is 87.7 Å². The van der Waals surface area contributed by atoms with Gasteiger partial charge in [0.1, 0.15) is 5.75 Å². The Morgan fingerprint density at radius 2 is 1.87 bits per heavy atom. The van der Waals surface area contributed by atoms with E-state index in [2.05, 4.69) is 10.9 Å². The number of rotatable bonds is 8. The van der Waals surface area contributed by atoms with Gasteiger partial charge in [-0.05, 0) is 30.2 Å². The fourth-order valence-electron chi connectivity index (χ4n) is 3.21. The van der Waals surface area contributed by atoms with E-state index in [-0.39, 0.29) is 37.2 Å². The first-order chi connectivity index (χ1) is 14.9. The fourth-order valence-corrected chi connectivity index (χ4v) is 3.67. The lowest BCUT2D eigenvalue weighted by Gasteiger charge is -2.16. The first-order valence-electron chi connectivity index (χ1n) is 9.90. The monoisotopic (exact) mass is 463 g/mol. The van der Waals surface area contributed by atoms with Gasteiger partial charge in [0.05, 0.1) is 17.5 Å². The first kappa shape index (κ1) is 22.9. The summed E-state index contributed by atoms with van der Waals surface area (Å²) in [5.41, 5.74) is 5.80. The number of carbonyl (C=O) groups excluding carboxylic acids is 3. The number of carbonyl (C=O) groups is 3. The fraction of sp³-hybridized carbons (Fsp3) is 0.318. The Balaban J connectivity index is 1.34. The van der Waals surface area contributed by atoms with Crippen LogP contribution in [0.3, 0.4) is 0 Å². The minimum absolute atomic E-state index is 0.0756. The van der Waals surface area contributed by atoms with Gasteiger partial charge in [0.25, 0.3) is 0 Å². The van der Waals surface area contributed by atoms with Gasteiger partial charge in [0, 0.05) is 31.0 Å². The zero-order valence-corrected chi connectivity index (χ0v) is 18.3. The van der Waals surface area contributed by atoms with Crippen LogP contribution in [0.2, 0.25) is 10.0 Å². The molecule has 2 aromatic rings. The summed E-state index contributed by atoms with van der Waals surface area (Å²) in [6.07, 6.45) is 0.729. The van der Waals surface area contributed by atoms with Crippen LogP contribution in [0.4, 0.5) is 0 Å². The van der Waals surface area contributed by atoms with Crippen molar-refractivity contribution in [3.8, 4) is 5.75 Å². The highest BCUT2D eigenvalue weighted by atomic mass is 35.5. The average molecular weight is 464 g/mol. The number of benzene rings is 2. The zero-order chi connectivity index (χ0) is 22.2. The van der Waals surface area contributed by atoms with Crippen LogP contribution < -0.4 is 15.6 Å². The Hall–Kier alpha value is -2.77. The quantitative estimate of drug-likeness (QED) is 0.464. The lowest BCUT2D eigenvalue weighted by molar-refractivity contribution is -0.131. The van der Waals surface area contributed by atoms with Crippen LogP contribution in [-0.2, 0) is 20.9 Å². The largest absolute Gasteiger partial charge is 0.492 e. The number of hydrazine groups is 1. The van der Waals surface area contributed by atoms with E-state index in [9.17, 15) is 14.4 Å². The van der Waals surface area contributed by atoms with Crippen LogP contribution in [-0.4, -0.2) is 35.8 Å². The lowest BCUT2D eigenvalue weighted by Crippen LogP contribution is -2.45. The molecule has 9 heteroatoms. The maximum atomic E-state index is 12.3. The van der Waals surface area contributed by atoms with Gasteiger partial charge in [-0.2, -0.15) is 0 Å². The Morgan fingerprint density at radius 3 is 2.61 bits per heavy atom. The molecule has 0 spiro atoms. The summed E-state index contributed by atoms with van der Waals surface area (Å²) in [7, 11) is 0. The van der Waals surface area contributed by atoms with Gasteiger partial charge in [-0.15, -0.1) is 0 Å². The van der Waals surface area contributed by atoms with Crippen molar-refractivity contribution < 1.29 is 19.1 Å². The van der Waals surface area contributed by atoms with Gasteiger partial charge >= 0.3 is 0 Å². The zero-order valence-electron chi connectivity index (χ0n) is 16.8. The number of hydrogen-bond acceptors (Lipinski definition) is 4. The molecule has 0 aliphatic carbocycles. The normalized spacial score (nSPS) is 15.6. The molecule has 1 aliphatic rings. The number of ether oxygens (including phenoxy) is 1. The Kier molecular flexibility index (Phi) is 8.14. The van der Waals surface area contributed by atoms with E-state index in [1.807, 2.05) is 30.3 Å². The second-order valence-electron chi connectivity index (χ2n) is 7.23. The summed E-state index contributed by atoms with van der Waals surface area (Å²) in [5, 5.41) is 0.913. The highest BCUT2D eigenvalue weighted by molar-refractivity contribution is 6.35. The van der Waals surface area contributed by atoms with Gasteiger partial charge in [-0.1, -0.05) is 53.5 Å². The van der Waals surface area contributed by atoms with Crippen LogP contribution in [0.15, 0.2) is 48.5 Å². The molecular weight excluding hydrogens is 441 g/mol.